The van der Waals surface area contributed by atoms with Gasteiger partial charge in [0.1, 0.15) is 0 Å². The smallest absolute Gasteiger partial charge is 0 e. The third-order valence-electron chi connectivity index (χ3n) is 0. The molecule has 0 aromatic carbocycles. The van der Waals surface area contributed by atoms with Gasteiger partial charge in [0, 0.05) is 42.1 Å². The largest absolute Gasteiger partial charge is 0 e. The zero-order chi connectivity index (χ0) is 2.00. The van der Waals surface area contributed by atoms with Crippen LogP contribution in [0, 0.1) is 0 Å². The summed E-state index contributed by atoms with van der Waals surface area (Å²) < 4.78 is 0. The minimum atomic E-state index is 0. The molecule has 4 heavy (non-hydrogen) atoms. The van der Waals surface area contributed by atoms with Crippen molar-refractivity contribution in [3.8, 4) is 0 Å². The Morgan fingerprint density at radius 3 is 1.25 bits per heavy atom. The Bertz CT molecular complexity index is 6.00. The molecule has 0 saturated carbocycles. The van der Waals surface area contributed by atoms with Gasteiger partial charge in [-0.25, -0.2) is 0 Å². The van der Waals surface area contributed by atoms with Gasteiger partial charge in [0.05, 0.1) is 0 Å². The molecule has 0 aliphatic heterocycles. The zero-order valence-electron chi connectivity index (χ0n) is 1.63. The van der Waals surface area contributed by atoms with E-state index in [2.05, 4.69) is 9.82 Å². The summed E-state index contributed by atoms with van der Waals surface area (Å²) in [5, 5.41) is 0. The van der Waals surface area contributed by atoms with E-state index in [0.717, 1.165) is 0 Å². The predicted molar refractivity (Wildman–Crippen MR) is 7.59 cm³/mol. The van der Waals surface area contributed by atoms with Crippen molar-refractivity contribution in [2.75, 3.05) is 0 Å². The van der Waals surface area contributed by atoms with Gasteiger partial charge in [0.15, 0.2) is 0 Å². The second-order valence-electron chi connectivity index (χ2n) is 0. The predicted octanol–water partition coefficient (Wildman–Crippen LogP) is 0.641. The van der Waals surface area contributed by atoms with Crippen molar-refractivity contribution in [3.63, 3.8) is 0 Å². The van der Waals surface area contributed by atoms with Crippen LogP contribution in [0.5, 0.6) is 0 Å². The van der Waals surface area contributed by atoms with Gasteiger partial charge < -0.3 is 0 Å². The number of hydrogen-bond acceptors (Lipinski definition) is 1. The Balaban J connectivity index is -0.00000000500. The fraction of sp³-hybridized carbons (Fsp3) is 0. The van der Waals surface area contributed by atoms with Crippen LogP contribution >= 0.6 is 9.82 Å². The maximum Gasteiger partial charge on any atom is 0 e. The van der Waals surface area contributed by atoms with Crippen LogP contribution in [0.15, 0.2) is 0 Å². The van der Waals surface area contributed by atoms with Gasteiger partial charge in [0.25, 0.3) is 0 Å². The van der Waals surface area contributed by atoms with Gasteiger partial charge in [-0.05, 0) is 0 Å². The van der Waals surface area contributed by atoms with Crippen LogP contribution in [0.1, 0.15) is 0 Å². The first-order valence-corrected chi connectivity index (χ1v) is 2.96. The number of rotatable bonds is 0. The molecule has 0 atom stereocenters. The van der Waals surface area contributed by atoms with E-state index >= 15 is 0 Å². The van der Waals surface area contributed by atoms with Gasteiger partial charge in [-0.15, -0.1) is 0 Å². The molecule has 0 aliphatic rings. The summed E-state index contributed by atoms with van der Waals surface area (Å²) in [5.41, 5.74) is 0. The van der Waals surface area contributed by atoms with E-state index in [1.54, 1.807) is 0 Å². The molecule has 0 unspecified atom stereocenters. The molecule has 0 N–H and O–H groups in total. The molecule has 0 radical (unpaired) electrons. The fourth-order valence-electron chi connectivity index (χ4n) is 0. The summed E-state index contributed by atoms with van der Waals surface area (Å²) in [4.78, 5) is 0. The van der Waals surface area contributed by atoms with Crippen LogP contribution in [-0.4, -0.2) is 0 Å². The molecule has 0 fully saturated rings. The maximum atomic E-state index is 4.09. The first-order chi connectivity index (χ1) is 1.00. The number of hydrogen-bond donors (Lipinski definition) is 0. The Kier molecular flexibility index (Phi) is 75.6. The minimum Gasteiger partial charge on any atom is 0 e. The molecule has 24 valence electrons. The first kappa shape index (κ1) is 16.3. The van der Waals surface area contributed by atoms with Crippen molar-refractivity contribution < 1.29 is 60.1 Å². The van der Waals surface area contributed by atoms with Crippen LogP contribution in [0.2, 0.25) is 0 Å². The van der Waals surface area contributed by atoms with Gasteiger partial charge >= 0.3 is 27.8 Å². The third-order valence-corrected chi connectivity index (χ3v) is 0. The normalized spacial score (nSPS) is 1.00. The molecule has 0 aromatic rings. The summed E-state index contributed by atoms with van der Waals surface area (Å²) in [6, 6.07) is 0. The molecular formula is Mo2SW. The van der Waals surface area contributed by atoms with Crippen LogP contribution < -0.4 is 0 Å². The van der Waals surface area contributed by atoms with E-state index in [1.165, 1.54) is 18.0 Å². The second-order valence-corrected chi connectivity index (χ2v) is 0. The topological polar surface area (TPSA) is 0 Å². The van der Waals surface area contributed by atoms with Crippen LogP contribution in [0.3, 0.4) is 0 Å². The molecule has 4 heteroatoms. The van der Waals surface area contributed by atoms with Gasteiger partial charge in [0.2, 0.25) is 0 Å². The molecule has 0 nitrogen and oxygen atoms in total. The van der Waals surface area contributed by atoms with Crippen LogP contribution in [-0.2, 0) is 60.1 Å². The summed E-state index contributed by atoms with van der Waals surface area (Å²) >= 11 is 1.53. The quantitative estimate of drug-likeness (QED) is 0.531. The van der Waals surface area contributed by atoms with Crippen molar-refractivity contribution >= 4 is 9.82 Å². The summed E-state index contributed by atoms with van der Waals surface area (Å²) in [6.07, 6.45) is 0. The molecule has 0 rings (SSSR count). The molecule has 0 bridgehead atoms. The van der Waals surface area contributed by atoms with E-state index in [4.69, 9.17) is 0 Å². The van der Waals surface area contributed by atoms with Crippen molar-refractivity contribution in [1.29, 1.82) is 0 Å². The van der Waals surface area contributed by atoms with Gasteiger partial charge in [-0.1, -0.05) is 0 Å². The Morgan fingerprint density at radius 2 is 1.25 bits per heavy atom. The molecule has 0 heterocycles. The van der Waals surface area contributed by atoms with Crippen molar-refractivity contribution in [2.24, 2.45) is 0 Å². The Hall–Kier alpha value is 2.28. The van der Waals surface area contributed by atoms with Crippen LogP contribution in [0.25, 0.3) is 0 Å². The van der Waals surface area contributed by atoms with Gasteiger partial charge in [-0.2, -0.15) is 0 Å². The second kappa shape index (κ2) is 18.6. The monoisotopic (exact) mass is 412 g/mol. The molecule has 0 amide bonds. The summed E-state index contributed by atoms with van der Waals surface area (Å²) in [6.45, 7) is 0. The van der Waals surface area contributed by atoms with E-state index in [1.807, 2.05) is 0 Å². The SMILES string of the molecule is [Mo].[S]=[Mo].[W]. The summed E-state index contributed by atoms with van der Waals surface area (Å²) in [5.74, 6) is 0. The van der Waals surface area contributed by atoms with Crippen molar-refractivity contribution in [3.05, 3.63) is 0 Å². The molecular weight excluding hydrogens is 408 g/mol. The standard InChI is InChI=1S/2Mo.S.W. The zero-order valence-corrected chi connectivity index (χ0v) is 9.40. The molecule has 0 spiro atoms. The fourth-order valence-corrected chi connectivity index (χ4v) is 0. The van der Waals surface area contributed by atoms with Gasteiger partial charge in [-0.3, -0.25) is 0 Å². The first-order valence-electron chi connectivity index (χ1n) is 0.167. The molecule has 0 saturated heterocycles. The summed E-state index contributed by atoms with van der Waals surface area (Å²) in [7, 11) is 4.09. The Labute approximate surface area is 69.0 Å². The van der Waals surface area contributed by atoms with E-state index in [0.29, 0.717) is 0 Å². The minimum absolute atomic E-state index is 0. The van der Waals surface area contributed by atoms with E-state index < -0.39 is 0 Å². The van der Waals surface area contributed by atoms with E-state index in [-0.39, 0.29) is 42.1 Å². The average molecular weight is 408 g/mol. The maximum absolute atomic E-state index is 4.09. The average Bonchev–Trinajstić information content (AvgIpc) is 1.00. The molecule has 0 aliphatic carbocycles. The third kappa shape index (κ3) is 8.86. The van der Waals surface area contributed by atoms with Crippen molar-refractivity contribution in [2.45, 2.75) is 0 Å². The Morgan fingerprint density at radius 1 is 1.25 bits per heavy atom. The van der Waals surface area contributed by atoms with Crippen LogP contribution in [0.4, 0.5) is 0 Å². The molecule has 0 aromatic heterocycles. The van der Waals surface area contributed by atoms with E-state index in [9.17, 15) is 0 Å². The van der Waals surface area contributed by atoms with Crippen molar-refractivity contribution in [1.82, 2.24) is 0 Å².